The van der Waals surface area contributed by atoms with E-state index < -0.39 is 12.0 Å². The molecule has 0 aliphatic heterocycles. The Morgan fingerprint density at radius 2 is 1.83 bits per heavy atom. The molecule has 4 rings (SSSR count). The van der Waals surface area contributed by atoms with Gasteiger partial charge in [-0.3, -0.25) is 14.2 Å². The summed E-state index contributed by atoms with van der Waals surface area (Å²) in [7, 11) is 3.14. The third-order valence-corrected chi connectivity index (χ3v) is 6.71. The van der Waals surface area contributed by atoms with Crippen molar-refractivity contribution in [1.29, 1.82) is 0 Å². The van der Waals surface area contributed by atoms with Gasteiger partial charge in [-0.25, -0.2) is 0 Å². The Morgan fingerprint density at radius 1 is 1.08 bits per heavy atom. The maximum atomic E-state index is 12.7. The molecule has 1 atom stereocenters. The maximum absolute atomic E-state index is 12.7. The molecule has 8 nitrogen and oxygen atoms in total. The zero-order chi connectivity index (χ0) is 25.5. The van der Waals surface area contributed by atoms with Gasteiger partial charge < -0.3 is 20.0 Å². The number of fused-ring (bicyclic) bond motifs is 1. The first kappa shape index (κ1) is 25.2. The summed E-state index contributed by atoms with van der Waals surface area (Å²) in [5.74, 6) is -0.228. The van der Waals surface area contributed by atoms with Crippen LogP contribution in [0.2, 0.25) is 0 Å². The zero-order valence-electron chi connectivity index (χ0n) is 20.0. The van der Waals surface area contributed by atoms with E-state index in [2.05, 4.69) is 10.5 Å². The Bertz CT molecular complexity index is 1410. The van der Waals surface area contributed by atoms with E-state index in [9.17, 15) is 14.7 Å². The van der Waals surface area contributed by atoms with Crippen molar-refractivity contribution in [3.63, 3.8) is 0 Å². The average molecular weight is 506 g/mol. The second-order valence-electron chi connectivity index (χ2n) is 8.07. The van der Waals surface area contributed by atoms with Gasteiger partial charge in [0, 0.05) is 11.1 Å². The number of carbonyl (C=O) groups is 1. The van der Waals surface area contributed by atoms with Crippen LogP contribution in [0.1, 0.15) is 16.7 Å². The summed E-state index contributed by atoms with van der Waals surface area (Å²) in [6, 6.07) is 22.2. The van der Waals surface area contributed by atoms with Gasteiger partial charge in [0.15, 0.2) is 0 Å². The molecule has 0 aliphatic carbocycles. The molecule has 1 aromatic heterocycles. The lowest BCUT2D eigenvalue weighted by atomic mass is 10.0. The van der Waals surface area contributed by atoms with Gasteiger partial charge in [0.05, 0.1) is 16.8 Å². The lowest BCUT2D eigenvalue weighted by molar-refractivity contribution is -0.139. The molecule has 0 radical (unpaired) electrons. The van der Waals surface area contributed by atoms with E-state index >= 15 is 0 Å². The Balaban J connectivity index is 1.45. The van der Waals surface area contributed by atoms with Crippen LogP contribution in [0.5, 0.6) is 5.75 Å². The van der Waals surface area contributed by atoms with Crippen molar-refractivity contribution in [2.24, 2.45) is 5.16 Å². The first-order chi connectivity index (χ1) is 17.5. The van der Waals surface area contributed by atoms with Gasteiger partial charge in [0.1, 0.15) is 31.2 Å². The zero-order valence-corrected chi connectivity index (χ0v) is 20.8. The Kier molecular flexibility index (Phi) is 8.14. The molecular formula is C27H27N3O5S. The normalized spacial score (nSPS) is 12.4. The van der Waals surface area contributed by atoms with Crippen molar-refractivity contribution in [3.05, 3.63) is 99.2 Å². The number of carboxylic acid groups (broad SMARTS) is 1. The van der Waals surface area contributed by atoms with Gasteiger partial charge in [0.25, 0.3) is 0 Å². The van der Waals surface area contributed by atoms with E-state index in [-0.39, 0.29) is 4.87 Å². The number of aliphatic carboxylic acids is 1. The van der Waals surface area contributed by atoms with Crippen LogP contribution >= 0.6 is 11.3 Å². The molecule has 3 aromatic carbocycles. The summed E-state index contributed by atoms with van der Waals surface area (Å²) < 4.78 is 8.41. The minimum Gasteiger partial charge on any atom is -0.492 e. The van der Waals surface area contributed by atoms with Crippen LogP contribution in [-0.2, 0) is 22.6 Å². The predicted octanol–water partition coefficient (Wildman–Crippen LogP) is 3.76. The molecule has 9 heteroatoms. The smallest absolute Gasteiger partial charge is 0.321 e. The number of benzene rings is 3. The van der Waals surface area contributed by atoms with Crippen molar-refractivity contribution < 1.29 is 19.5 Å². The number of carboxylic acids is 1. The standard InChI is InChI=1S/C27H27N3O5S/c1-28-22(26(31)32)16-18-8-11-21(12-9-18)35-15-14-30-23-13-10-20(17-24(23)36-27(30)33)25(29-34-2)19-6-4-3-5-7-19/h3-13,17,22,28H,14-16H2,1-2H3,(H,31,32)/b29-25+. The molecule has 0 amide bonds. The first-order valence-corrected chi connectivity index (χ1v) is 12.2. The highest BCUT2D eigenvalue weighted by atomic mass is 32.1. The van der Waals surface area contributed by atoms with E-state index in [1.54, 1.807) is 11.6 Å². The van der Waals surface area contributed by atoms with E-state index in [1.165, 1.54) is 18.4 Å². The number of thiazole rings is 1. The number of nitrogens with zero attached hydrogens (tertiary/aromatic N) is 2. The quantitative estimate of drug-likeness (QED) is 0.238. The maximum Gasteiger partial charge on any atom is 0.321 e. The van der Waals surface area contributed by atoms with Crippen LogP contribution in [0.4, 0.5) is 0 Å². The summed E-state index contributed by atoms with van der Waals surface area (Å²) in [4.78, 5) is 28.9. The number of oxime groups is 1. The summed E-state index contributed by atoms with van der Waals surface area (Å²) in [6.07, 6.45) is 0.380. The number of hydrogen-bond donors (Lipinski definition) is 2. The highest BCUT2D eigenvalue weighted by Crippen LogP contribution is 2.22. The molecule has 0 spiro atoms. The van der Waals surface area contributed by atoms with Crippen LogP contribution < -0.4 is 14.9 Å². The van der Waals surface area contributed by atoms with Crippen molar-refractivity contribution in [2.45, 2.75) is 19.0 Å². The van der Waals surface area contributed by atoms with Gasteiger partial charge in [-0.15, -0.1) is 0 Å². The van der Waals surface area contributed by atoms with Gasteiger partial charge in [-0.1, -0.05) is 65.0 Å². The van der Waals surface area contributed by atoms with Gasteiger partial charge in [-0.05, 0) is 43.3 Å². The summed E-state index contributed by atoms with van der Waals surface area (Å²) >= 11 is 1.18. The third kappa shape index (κ3) is 5.81. The molecule has 0 fully saturated rings. The van der Waals surface area contributed by atoms with Crippen molar-refractivity contribution >= 4 is 33.2 Å². The molecule has 0 aliphatic rings. The summed E-state index contributed by atoms with van der Waals surface area (Å²) in [6.45, 7) is 0.722. The molecular weight excluding hydrogens is 478 g/mol. The highest BCUT2D eigenvalue weighted by Gasteiger charge is 2.15. The van der Waals surface area contributed by atoms with Crippen LogP contribution in [-0.4, -0.2) is 48.2 Å². The molecule has 0 bridgehead atoms. The lowest BCUT2D eigenvalue weighted by Gasteiger charge is -2.12. The fraction of sp³-hybridized carbons (Fsp3) is 0.222. The molecule has 1 heterocycles. The molecule has 2 N–H and O–H groups in total. The predicted molar refractivity (Wildman–Crippen MR) is 141 cm³/mol. The van der Waals surface area contributed by atoms with E-state index in [1.807, 2.05) is 72.8 Å². The van der Waals surface area contributed by atoms with E-state index in [0.717, 1.165) is 26.9 Å². The fourth-order valence-corrected chi connectivity index (χ4v) is 4.87. The summed E-state index contributed by atoms with van der Waals surface area (Å²) in [5, 5.41) is 16.2. The molecule has 186 valence electrons. The van der Waals surface area contributed by atoms with Crippen LogP contribution in [0, 0.1) is 0 Å². The SMILES string of the molecule is CNC(Cc1ccc(OCCn2c(=O)sc3cc(/C(=N/OC)c4ccccc4)ccc32)cc1)C(=O)O. The fourth-order valence-electron chi connectivity index (χ4n) is 3.91. The number of rotatable bonds is 11. The molecule has 0 saturated carbocycles. The largest absolute Gasteiger partial charge is 0.492 e. The monoisotopic (exact) mass is 505 g/mol. The van der Waals surface area contributed by atoms with Crippen LogP contribution in [0.25, 0.3) is 10.2 Å². The average Bonchev–Trinajstić information content (AvgIpc) is 3.21. The van der Waals surface area contributed by atoms with Gasteiger partial charge in [0.2, 0.25) is 0 Å². The van der Waals surface area contributed by atoms with E-state index in [0.29, 0.717) is 31.0 Å². The Morgan fingerprint density at radius 3 is 2.50 bits per heavy atom. The number of likely N-dealkylation sites (N-methyl/N-ethyl adjacent to an activating group) is 1. The Labute approximate surface area is 212 Å². The van der Waals surface area contributed by atoms with Crippen molar-refractivity contribution in [1.82, 2.24) is 9.88 Å². The minimum absolute atomic E-state index is 0.0576. The molecule has 0 saturated heterocycles. The number of ether oxygens (including phenoxy) is 1. The third-order valence-electron chi connectivity index (χ3n) is 5.76. The van der Waals surface area contributed by atoms with Crippen molar-refractivity contribution in [2.75, 3.05) is 20.8 Å². The van der Waals surface area contributed by atoms with Crippen molar-refractivity contribution in [3.8, 4) is 5.75 Å². The molecule has 36 heavy (non-hydrogen) atoms. The topological polar surface area (TPSA) is 102 Å². The second kappa shape index (κ2) is 11.7. The molecule has 4 aromatic rings. The van der Waals surface area contributed by atoms with Gasteiger partial charge >= 0.3 is 10.8 Å². The van der Waals surface area contributed by atoms with Gasteiger partial charge in [-0.2, -0.15) is 0 Å². The molecule has 1 unspecified atom stereocenters. The minimum atomic E-state index is -0.888. The van der Waals surface area contributed by atoms with E-state index in [4.69, 9.17) is 9.57 Å². The van der Waals surface area contributed by atoms with Crippen LogP contribution in [0.3, 0.4) is 0 Å². The first-order valence-electron chi connectivity index (χ1n) is 11.4. The highest BCUT2D eigenvalue weighted by molar-refractivity contribution is 7.16. The Hall–Kier alpha value is -3.95. The second-order valence-corrected chi connectivity index (χ2v) is 9.06. The number of hydrogen-bond acceptors (Lipinski definition) is 7. The lowest BCUT2D eigenvalue weighted by Crippen LogP contribution is -2.35. The van der Waals surface area contributed by atoms with Crippen LogP contribution in [0.15, 0.2) is 82.7 Å². The summed E-state index contributed by atoms with van der Waals surface area (Å²) in [5.41, 5.74) is 4.22. The number of aromatic nitrogens is 1. The number of nitrogens with one attached hydrogen (secondary N) is 1.